The van der Waals surface area contributed by atoms with Crippen LogP contribution in [0.4, 0.5) is 5.82 Å². The van der Waals surface area contributed by atoms with Gasteiger partial charge in [-0.25, -0.2) is 9.97 Å². The van der Waals surface area contributed by atoms with E-state index >= 15 is 0 Å². The van der Waals surface area contributed by atoms with Crippen LogP contribution in [0.25, 0.3) is 0 Å². The van der Waals surface area contributed by atoms with Crippen molar-refractivity contribution in [1.82, 2.24) is 9.97 Å². The molecule has 5 nitrogen and oxygen atoms in total. The van der Waals surface area contributed by atoms with Gasteiger partial charge in [-0.1, -0.05) is 11.6 Å². The number of rotatable bonds is 2. The molecule has 1 N–H and O–H groups in total. The average Bonchev–Trinajstić information content (AvgIpc) is 2.64. The first-order valence-corrected chi connectivity index (χ1v) is 4.87. The number of nitrogens with one attached hydrogen (secondary N) is 1. The molecule has 0 aliphatic heterocycles. The number of nitrogens with zero attached hydrogens (tertiary/aromatic N) is 2. The Morgan fingerprint density at radius 1 is 1.50 bits per heavy atom. The Morgan fingerprint density at radius 2 is 2.31 bits per heavy atom. The van der Waals surface area contributed by atoms with Crippen molar-refractivity contribution in [3.05, 3.63) is 41.2 Å². The van der Waals surface area contributed by atoms with Crippen molar-refractivity contribution in [2.75, 3.05) is 5.32 Å². The van der Waals surface area contributed by atoms with Crippen molar-refractivity contribution in [2.24, 2.45) is 0 Å². The van der Waals surface area contributed by atoms with E-state index in [0.717, 1.165) is 5.56 Å². The minimum absolute atomic E-state index is 0.259. The quantitative estimate of drug-likeness (QED) is 0.814. The van der Waals surface area contributed by atoms with Crippen LogP contribution >= 0.6 is 11.6 Å². The third-order valence-electron chi connectivity index (χ3n) is 1.94. The topological polar surface area (TPSA) is 68.0 Å². The van der Waals surface area contributed by atoms with E-state index in [1.165, 1.54) is 18.7 Å². The number of aromatic nitrogens is 2. The van der Waals surface area contributed by atoms with E-state index < -0.39 is 0 Å². The zero-order valence-electron chi connectivity index (χ0n) is 8.40. The molecular weight excluding hydrogens is 230 g/mol. The van der Waals surface area contributed by atoms with E-state index in [-0.39, 0.29) is 16.8 Å². The monoisotopic (exact) mass is 237 g/mol. The summed E-state index contributed by atoms with van der Waals surface area (Å²) in [7, 11) is 0. The standard InChI is InChI=1S/C10H8ClN3O2/c1-6-2-3-16-9(6)10(15)14-8-4-7(11)12-5-13-8/h2-5H,1H3,(H,12,13,14,15). The van der Waals surface area contributed by atoms with Crippen LogP contribution in [0.3, 0.4) is 0 Å². The van der Waals surface area contributed by atoms with Crippen LogP contribution in [0.1, 0.15) is 16.1 Å². The zero-order valence-corrected chi connectivity index (χ0v) is 9.15. The molecule has 0 radical (unpaired) electrons. The van der Waals surface area contributed by atoms with Crippen LogP contribution in [-0.2, 0) is 0 Å². The summed E-state index contributed by atoms with van der Waals surface area (Å²) in [5, 5.41) is 2.82. The molecule has 82 valence electrons. The lowest BCUT2D eigenvalue weighted by Gasteiger charge is -2.02. The van der Waals surface area contributed by atoms with Crippen LogP contribution < -0.4 is 5.32 Å². The van der Waals surface area contributed by atoms with E-state index in [9.17, 15) is 4.79 Å². The lowest BCUT2D eigenvalue weighted by atomic mass is 10.3. The minimum Gasteiger partial charge on any atom is -0.459 e. The largest absolute Gasteiger partial charge is 0.459 e. The van der Waals surface area contributed by atoms with E-state index in [0.29, 0.717) is 5.82 Å². The number of aryl methyl sites for hydroxylation is 1. The highest BCUT2D eigenvalue weighted by atomic mass is 35.5. The SMILES string of the molecule is Cc1ccoc1C(=O)Nc1cc(Cl)ncn1. The highest BCUT2D eigenvalue weighted by Crippen LogP contribution is 2.13. The van der Waals surface area contributed by atoms with E-state index in [1.54, 1.807) is 13.0 Å². The second-order valence-corrected chi connectivity index (χ2v) is 3.50. The van der Waals surface area contributed by atoms with Gasteiger partial charge in [-0.2, -0.15) is 0 Å². The Kier molecular flexibility index (Phi) is 2.87. The number of amides is 1. The van der Waals surface area contributed by atoms with Gasteiger partial charge < -0.3 is 9.73 Å². The maximum atomic E-state index is 11.7. The molecule has 16 heavy (non-hydrogen) atoms. The van der Waals surface area contributed by atoms with Gasteiger partial charge in [0.15, 0.2) is 5.76 Å². The molecule has 0 saturated heterocycles. The first kappa shape index (κ1) is 10.6. The van der Waals surface area contributed by atoms with Gasteiger partial charge in [0, 0.05) is 11.6 Å². The average molecular weight is 238 g/mol. The molecule has 0 fully saturated rings. The van der Waals surface area contributed by atoms with Crippen LogP contribution in [0.2, 0.25) is 5.15 Å². The molecule has 1 amide bonds. The molecule has 0 aliphatic rings. The predicted molar refractivity (Wildman–Crippen MR) is 58.4 cm³/mol. The van der Waals surface area contributed by atoms with E-state index in [4.69, 9.17) is 16.0 Å². The molecule has 0 atom stereocenters. The number of carbonyl (C=O) groups is 1. The highest BCUT2D eigenvalue weighted by Gasteiger charge is 2.13. The van der Waals surface area contributed by atoms with Crippen molar-refractivity contribution < 1.29 is 9.21 Å². The summed E-state index contributed by atoms with van der Waals surface area (Å²) in [6, 6.07) is 3.17. The molecule has 0 aromatic carbocycles. The van der Waals surface area contributed by atoms with E-state index in [1.807, 2.05) is 0 Å². The maximum absolute atomic E-state index is 11.7. The van der Waals surface area contributed by atoms with E-state index in [2.05, 4.69) is 15.3 Å². The van der Waals surface area contributed by atoms with Crippen LogP contribution in [0.15, 0.2) is 29.1 Å². The molecule has 2 heterocycles. The smallest absolute Gasteiger partial charge is 0.292 e. The molecule has 6 heteroatoms. The number of carbonyl (C=O) groups excluding carboxylic acids is 1. The van der Waals surface area contributed by atoms with Gasteiger partial charge in [-0.05, 0) is 13.0 Å². The Morgan fingerprint density at radius 3 is 2.94 bits per heavy atom. The highest BCUT2D eigenvalue weighted by molar-refractivity contribution is 6.29. The number of halogens is 1. The molecule has 0 bridgehead atoms. The van der Waals surface area contributed by atoms with Crippen molar-refractivity contribution in [3.63, 3.8) is 0 Å². The third-order valence-corrected chi connectivity index (χ3v) is 2.15. The van der Waals surface area contributed by atoms with Gasteiger partial charge in [0.1, 0.15) is 17.3 Å². The fraction of sp³-hybridized carbons (Fsp3) is 0.100. The molecule has 2 rings (SSSR count). The number of hydrogen-bond acceptors (Lipinski definition) is 4. The van der Waals surface area contributed by atoms with Crippen molar-refractivity contribution in [2.45, 2.75) is 6.92 Å². The lowest BCUT2D eigenvalue weighted by molar-refractivity contribution is 0.0995. The molecular formula is C10H8ClN3O2. The summed E-state index contributed by atoms with van der Waals surface area (Å²) >= 11 is 5.66. The molecule has 0 unspecified atom stereocenters. The summed E-state index contributed by atoms with van der Waals surface area (Å²) in [6.07, 6.45) is 2.73. The molecule has 2 aromatic heterocycles. The Bertz CT molecular complexity index is 524. The van der Waals surface area contributed by atoms with Crippen molar-refractivity contribution >= 4 is 23.3 Å². The van der Waals surface area contributed by atoms with Gasteiger partial charge in [-0.3, -0.25) is 4.79 Å². The summed E-state index contributed by atoms with van der Waals surface area (Å²) in [5.41, 5.74) is 0.762. The first-order valence-electron chi connectivity index (χ1n) is 4.50. The van der Waals surface area contributed by atoms with Crippen LogP contribution in [-0.4, -0.2) is 15.9 Å². The summed E-state index contributed by atoms with van der Waals surface area (Å²) in [4.78, 5) is 19.3. The maximum Gasteiger partial charge on any atom is 0.292 e. The number of anilines is 1. The molecule has 0 spiro atoms. The Labute approximate surface area is 96.5 Å². The second-order valence-electron chi connectivity index (χ2n) is 3.11. The van der Waals surface area contributed by atoms with Gasteiger partial charge in [0.25, 0.3) is 5.91 Å². The normalized spacial score (nSPS) is 10.1. The lowest BCUT2D eigenvalue weighted by Crippen LogP contribution is -2.13. The predicted octanol–water partition coefficient (Wildman–Crippen LogP) is 2.28. The van der Waals surface area contributed by atoms with Gasteiger partial charge in [0.2, 0.25) is 0 Å². The van der Waals surface area contributed by atoms with Gasteiger partial charge in [-0.15, -0.1) is 0 Å². The number of furan rings is 1. The fourth-order valence-electron chi connectivity index (χ4n) is 1.18. The molecule has 0 aliphatic carbocycles. The van der Waals surface area contributed by atoms with Crippen LogP contribution in [0.5, 0.6) is 0 Å². The Balaban J connectivity index is 2.17. The third kappa shape index (κ3) is 2.20. The number of hydrogen-bond donors (Lipinski definition) is 1. The van der Waals surface area contributed by atoms with Crippen LogP contribution in [0, 0.1) is 6.92 Å². The van der Waals surface area contributed by atoms with Crippen molar-refractivity contribution in [3.8, 4) is 0 Å². The summed E-state index contributed by atoms with van der Waals surface area (Å²) in [6.45, 7) is 1.78. The summed E-state index contributed by atoms with van der Waals surface area (Å²) in [5.74, 6) is 0.229. The Hall–Kier alpha value is -1.88. The van der Waals surface area contributed by atoms with Gasteiger partial charge >= 0.3 is 0 Å². The molecule has 0 saturated carbocycles. The van der Waals surface area contributed by atoms with Gasteiger partial charge in [0.05, 0.1) is 6.26 Å². The second kappa shape index (κ2) is 4.32. The first-order chi connectivity index (χ1) is 7.66. The molecule has 2 aromatic rings. The fourth-order valence-corrected chi connectivity index (χ4v) is 1.33. The minimum atomic E-state index is -0.364. The van der Waals surface area contributed by atoms with Crippen molar-refractivity contribution in [1.29, 1.82) is 0 Å². The summed E-state index contributed by atoms with van der Waals surface area (Å²) < 4.78 is 5.04. The zero-order chi connectivity index (χ0) is 11.5.